The number of nitrogens with one attached hydrogen (secondary N) is 2. The maximum absolute atomic E-state index is 5.77. The van der Waals surface area contributed by atoms with Crippen molar-refractivity contribution in [3.05, 3.63) is 78.3 Å². The predicted molar refractivity (Wildman–Crippen MR) is 108 cm³/mol. The summed E-state index contributed by atoms with van der Waals surface area (Å²) in [5, 5.41) is 16.6. The number of piperidine rings is 1. The number of furan rings is 1. The summed E-state index contributed by atoms with van der Waals surface area (Å²) in [6, 6.07) is 17.6. The molecule has 2 aromatic heterocycles. The molecule has 0 amide bonds. The zero-order valence-corrected chi connectivity index (χ0v) is 15.6. The molecule has 2 aromatic carbocycles. The minimum Gasteiger partial charge on any atom is -0.464 e. The van der Waals surface area contributed by atoms with Crippen molar-refractivity contribution in [1.29, 1.82) is 0 Å². The number of aromatic nitrogens is 3. The number of fused-ring (bicyclic) bond motifs is 1. The maximum Gasteiger partial charge on any atom is 0.138 e. The van der Waals surface area contributed by atoms with Crippen LogP contribution in [-0.2, 0) is 6.54 Å². The number of nitrogens with zero attached hydrogens (tertiary/aromatic N) is 3. The summed E-state index contributed by atoms with van der Waals surface area (Å²) in [5.74, 6) is 0. The Morgan fingerprint density at radius 1 is 1.18 bits per heavy atom. The molecule has 0 aliphatic carbocycles. The van der Waals surface area contributed by atoms with Crippen molar-refractivity contribution >= 4 is 11.0 Å². The number of rotatable bonds is 5. The molecule has 6 heteroatoms. The lowest BCUT2D eigenvalue weighted by Gasteiger charge is -2.34. The Bertz CT molecular complexity index is 1040. The van der Waals surface area contributed by atoms with Gasteiger partial charge in [-0.3, -0.25) is 0 Å². The Hall–Kier alpha value is -2.96. The van der Waals surface area contributed by atoms with Gasteiger partial charge in [-0.15, -0.1) is 5.10 Å². The Labute approximate surface area is 163 Å². The van der Waals surface area contributed by atoms with Gasteiger partial charge in [0.1, 0.15) is 5.58 Å². The van der Waals surface area contributed by atoms with Crippen LogP contribution in [0.3, 0.4) is 0 Å². The third-order valence-corrected chi connectivity index (χ3v) is 5.47. The van der Waals surface area contributed by atoms with E-state index < -0.39 is 0 Å². The summed E-state index contributed by atoms with van der Waals surface area (Å²) in [6.07, 6.45) is 7.62. The standard InChI is InChI=1S/C22H23N5O/c1-2-5-16(6-3-1)21-20(7-4-9-23-21)24-15-18-14-19(27-11-10-25-26-27)13-17-8-12-28-22(17)18/h1-3,5-6,8,10-14,20-21,23-24H,4,7,9,15H2/t20-,21-/m0/s1. The highest BCUT2D eigenvalue weighted by molar-refractivity contribution is 5.82. The molecule has 0 unspecified atom stereocenters. The summed E-state index contributed by atoms with van der Waals surface area (Å²) in [7, 11) is 0. The van der Waals surface area contributed by atoms with Crippen molar-refractivity contribution in [3.63, 3.8) is 0 Å². The van der Waals surface area contributed by atoms with Crippen molar-refractivity contribution in [2.75, 3.05) is 6.54 Å². The minimum atomic E-state index is 0.320. The Morgan fingerprint density at radius 3 is 2.96 bits per heavy atom. The van der Waals surface area contributed by atoms with E-state index in [9.17, 15) is 0 Å². The fraction of sp³-hybridized carbons (Fsp3) is 0.273. The molecule has 6 nitrogen and oxygen atoms in total. The Balaban J connectivity index is 1.41. The zero-order valence-electron chi connectivity index (χ0n) is 15.6. The molecule has 0 spiro atoms. The molecule has 0 saturated carbocycles. The number of hydrogen-bond acceptors (Lipinski definition) is 5. The largest absolute Gasteiger partial charge is 0.464 e. The van der Waals surface area contributed by atoms with Crippen LogP contribution in [0.5, 0.6) is 0 Å². The SMILES string of the molecule is c1ccc([C@@H]2NCCC[C@@H]2NCc2cc(-n3ccnn3)cc3ccoc23)cc1. The highest BCUT2D eigenvalue weighted by Gasteiger charge is 2.25. The summed E-state index contributed by atoms with van der Waals surface area (Å²) >= 11 is 0. The summed E-state index contributed by atoms with van der Waals surface area (Å²) in [5.41, 5.74) is 4.38. The van der Waals surface area contributed by atoms with Gasteiger partial charge in [0.05, 0.1) is 24.3 Å². The van der Waals surface area contributed by atoms with Crippen LogP contribution < -0.4 is 10.6 Å². The molecule has 4 aromatic rings. The van der Waals surface area contributed by atoms with Crippen LogP contribution in [0.2, 0.25) is 0 Å². The molecule has 5 rings (SSSR count). The van der Waals surface area contributed by atoms with Gasteiger partial charge in [-0.25, -0.2) is 4.68 Å². The summed E-state index contributed by atoms with van der Waals surface area (Å²) < 4.78 is 7.55. The topological polar surface area (TPSA) is 67.9 Å². The van der Waals surface area contributed by atoms with Crippen LogP contribution >= 0.6 is 0 Å². The third kappa shape index (κ3) is 3.32. The van der Waals surface area contributed by atoms with Crippen molar-refractivity contribution in [2.24, 2.45) is 0 Å². The molecule has 0 radical (unpaired) electrons. The molecule has 1 fully saturated rings. The van der Waals surface area contributed by atoms with Crippen molar-refractivity contribution in [2.45, 2.75) is 31.5 Å². The van der Waals surface area contributed by atoms with Crippen LogP contribution in [-0.4, -0.2) is 27.6 Å². The molecule has 3 heterocycles. The van der Waals surface area contributed by atoms with Crippen molar-refractivity contribution in [3.8, 4) is 5.69 Å². The van der Waals surface area contributed by atoms with E-state index in [1.165, 1.54) is 12.0 Å². The van der Waals surface area contributed by atoms with E-state index in [-0.39, 0.29) is 0 Å². The van der Waals surface area contributed by atoms with Gasteiger partial charge >= 0.3 is 0 Å². The van der Waals surface area contributed by atoms with Gasteiger partial charge in [0, 0.05) is 29.6 Å². The lowest BCUT2D eigenvalue weighted by molar-refractivity contribution is 0.304. The fourth-order valence-corrected chi connectivity index (χ4v) is 4.11. The molecule has 142 valence electrons. The minimum absolute atomic E-state index is 0.320. The first kappa shape index (κ1) is 17.2. The Kier molecular flexibility index (Phi) is 4.64. The molecule has 2 atom stereocenters. The average Bonchev–Trinajstić information content (AvgIpc) is 3.44. The van der Waals surface area contributed by atoms with Gasteiger partial charge in [-0.05, 0) is 43.1 Å². The molecular formula is C22H23N5O. The van der Waals surface area contributed by atoms with Crippen LogP contribution in [0.4, 0.5) is 0 Å². The first-order chi connectivity index (χ1) is 13.9. The predicted octanol–water partition coefficient (Wildman–Crippen LogP) is 3.60. The molecule has 2 N–H and O–H groups in total. The fourth-order valence-electron chi connectivity index (χ4n) is 4.11. The van der Waals surface area contributed by atoms with Gasteiger partial charge in [-0.2, -0.15) is 0 Å². The first-order valence-electron chi connectivity index (χ1n) is 9.77. The van der Waals surface area contributed by atoms with Crippen molar-refractivity contribution in [1.82, 2.24) is 25.6 Å². The molecule has 1 saturated heterocycles. The van der Waals surface area contributed by atoms with Crippen LogP contribution in [0.25, 0.3) is 16.7 Å². The van der Waals surface area contributed by atoms with Gasteiger partial charge < -0.3 is 15.1 Å². The van der Waals surface area contributed by atoms with E-state index in [2.05, 4.69) is 63.4 Å². The molecule has 0 bridgehead atoms. The van der Waals surface area contributed by atoms with Crippen LogP contribution in [0, 0.1) is 0 Å². The maximum atomic E-state index is 5.77. The molecule has 1 aliphatic heterocycles. The van der Waals surface area contributed by atoms with E-state index in [0.717, 1.165) is 41.7 Å². The second kappa shape index (κ2) is 7.58. The van der Waals surface area contributed by atoms with Crippen LogP contribution in [0.15, 0.2) is 71.6 Å². The number of hydrogen-bond donors (Lipinski definition) is 2. The van der Waals surface area contributed by atoms with E-state index >= 15 is 0 Å². The Morgan fingerprint density at radius 2 is 2.11 bits per heavy atom. The second-order valence-electron chi connectivity index (χ2n) is 7.26. The van der Waals surface area contributed by atoms with E-state index in [0.29, 0.717) is 12.1 Å². The van der Waals surface area contributed by atoms with E-state index in [1.807, 2.05) is 12.3 Å². The van der Waals surface area contributed by atoms with Gasteiger partial charge in [0.2, 0.25) is 0 Å². The average molecular weight is 373 g/mol. The van der Waals surface area contributed by atoms with Gasteiger partial charge in [0.25, 0.3) is 0 Å². The zero-order chi connectivity index (χ0) is 18.8. The molecule has 28 heavy (non-hydrogen) atoms. The van der Waals surface area contributed by atoms with Gasteiger partial charge in [-0.1, -0.05) is 35.5 Å². The smallest absolute Gasteiger partial charge is 0.138 e. The third-order valence-electron chi connectivity index (χ3n) is 5.47. The lowest BCUT2D eigenvalue weighted by Crippen LogP contribution is -2.45. The molecule has 1 aliphatic rings. The van der Waals surface area contributed by atoms with E-state index in [1.54, 1.807) is 17.1 Å². The van der Waals surface area contributed by atoms with Crippen molar-refractivity contribution < 1.29 is 4.42 Å². The highest BCUT2D eigenvalue weighted by Crippen LogP contribution is 2.27. The summed E-state index contributed by atoms with van der Waals surface area (Å²) in [4.78, 5) is 0. The van der Waals surface area contributed by atoms with Gasteiger partial charge in [0.15, 0.2) is 0 Å². The number of benzene rings is 2. The second-order valence-corrected chi connectivity index (χ2v) is 7.26. The first-order valence-corrected chi connectivity index (χ1v) is 9.77. The monoisotopic (exact) mass is 373 g/mol. The highest BCUT2D eigenvalue weighted by atomic mass is 16.3. The van der Waals surface area contributed by atoms with E-state index in [4.69, 9.17) is 4.42 Å². The summed E-state index contributed by atoms with van der Waals surface area (Å²) in [6.45, 7) is 1.80. The van der Waals surface area contributed by atoms with Crippen LogP contribution in [0.1, 0.15) is 30.0 Å². The normalized spacial score (nSPS) is 19.9. The quantitative estimate of drug-likeness (QED) is 0.559. The lowest BCUT2D eigenvalue weighted by atomic mass is 9.92. The molecular weight excluding hydrogens is 350 g/mol.